The Morgan fingerprint density at radius 1 is 1.18 bits per heavy atom. The second kappa shape index (κ2) is 8.33. The van der Waals surface area contributed by atoms with Gasteiger partial charge in [0, 0.05) is 17.9 Å². The number of rotatable bonds is 5. The van der Waals surface area contributed by atoms with E-state index in [1.807, 2.05) is 38.1 Å². The molecule has 2 aromatic carbocycles. The fraction of sp³-hybridized carbons (Fsp3) is 0.480. The van der Waals surface area contributed by atoms with Gasteiger partial charge in [-0.15, -0.1) is 0 Å². The molecule has 0 aromatic heterocycles. The lowest BCUT2D eigenvalue weighted by Crippen LogP contribution is -2.43. The van der Waals surface area contributed by atoms with E-state index in [1.54, 1.807) is 19.1 Å². The summed E-state index contributed by atoms with van der Waals surface area (Å²) in [5.74, 6) is 2.41. The van der Waals surface area contributed by atoms with Crippen LogP contribution in [0.5, 0.6) is 23.0 Å². The molecule has 0 bridgehead atoms. The van der Waals surface area contributed by atoms with E-state index in [4.69, 9.17) is 23.7 Å². The van der Waals surface area contributed by atoms with Crippen LogP contribution in [0, 0.1) is 5.92 Å². The molecule has 1 amide bonds. The molecule has 0 saturated carbocycles. The Morgan fingerprint density at radius 3 is 2.70 bits per heavy atom. The van der Waals surface area contributed by atoms with Crippen LogP contribution in [0.4, 0.5) is 4.79 Å². The molecule has 1 N–H and O–H groups in total. The van der Waals surface area contributed by atoms with Crippen LogP contribution in [0.1, 0.15) is 48.1 Å². The molecular formula is C25H29NO7. The van der Waals surface area contributed by atoms with Gasteiger partial charge in [-0.05, 0) is 40.8 Å². The van der Waals surface area contributed by atoms with Gasteiger partial charge in [0.2, 0.25) is 6.79 Å². The average Bonchev–Trinajstić information content (AvgIpc) is 3.41. The fourth-order valence-corrected chi connectivity index (χ4v) is 5.25. The maximum Gasteiger partial charge on any atom is 0.410 e. The van der Waals surface area contributed by atoms with E-state index >= 15 is 0 Å². The summed E-state index contributed by atoms with van der Waals surface area (Å²) in [6.07, 6.45) is -0.688. The maximum atomic E-state index is 13.3. The highest BCUT2D eigenvalue weighted by molar-refractivity contribution is 5.71. The molecule has 3 aliphatic rings. The fourth-order valence-electron chi connectivity index (χ4n) is 5.25. The lowest BCUT2D eigenvalue weighted by atomic mass is 9.80. The Morgan fingerprint density at radius 2 is 1.97 bits per heavy atom. The number of fused-ring (bicyclic) bond motifs is 1. The largest absolute Gasteiger partial charge is 0.493 e. The predicted octanol–water partition coefficient (Wildman–Crippen LogP) is 3.78. The van der Waals surface area contributed by atoms with Crippen LogP contribution in [0.15, 0.2) is 24.3 Å². The molecule has 1 aliphatic carbocycles. The van der Waals surface area contributed by atoms with Crippen molar-refractivity contribution < 1.29 is 33.6 Å². The Hall–Kier alpha value is -3.13. The van der Waals surface area contributed by atoms with Gasteiger partial charge in [0.25, 0.3) is 0 Å². The molecule has 176 valence electrons. The summed E-state index contributed by atoms with van der Waals surface area (Å²) in [5, 5.41) is 11.3. The number of hydrogen-bond acceptors (Lipinski definition) is 7. The molecule has 1 unspecified atom stereocenters. The standard InChI is InChI=1S/C25H29NO7/c1-13(2)11-31-25(28)26-10-15-8-20(29-3)24(30-4)16-9-17(27)22(21(15)16)23(26)14-5-6-18-19(7-14)33-12-32-18/h5-8,13,17,22-23,27H,9-12H2,1-4H3/t17-,22?,23-/m0/s1. The van der Waals surface area contributed by atoms with Gasteiger partial charge in [-0.25, -0.2) is 4.79 Å². The molecule has 8 heteroatoms. The zero-order valence-electron chi connectivity index (χ0n) is 19.3. The number of nitrogens with zero attached hydrogens (tertiary/aromatic N) is 1. The van der Waals surface area contributed by atoms with E-state index < -0.39 is 18.2 Å². The Balaban J connectivity index is 1.64. The van der Waals surface area contributed by atoms with Crippen molar-refractivity contribution in [1.29, 1.82) is 0 Å². The molecule has 2 aromatic rings. The minimum atomic E-state index is -0.698. The second-order valence-corrected chi connectivity index (χ2v) is 9.12. The maximum absolute atomic E-state index is 13.3. The monoisotopic (exact) mass is 455 g/mol. The molecule has 33 heavy (non-hydrogen) atoms. The van der Waals surface area contributed by atoms with Crippen LogP contribution < -0.4 is 18.9 Å². The van der Waals surface area contributed by atoms with Gasteiger partial charge in [0.05, 0.1) is 39.5 Å². The zero-order valence-corrected chi connectivity index (χ0v) is 19.3. The molecule has 2 heterocycles. The van der Waals surface area contributed by atoms with Crippen molar-refractivity contribution in [3.8, 4) is 23.0 Å². The normalized spacial score (nSPS) is 22.4. The summed E-state index contributed by atoms with van der Waals surface area (Å²) in [7, 11) is 3.20. The quantitative estimate of drug-likeness (QED) is 0.734. The summed E-state index contributed by atoms with van der Waals surface area (Å²) < 4.78 is 27.9. The number of carbonyl (C=O) groups is 1. The van der Waals surface area contributed by atoms with Gasteiger partial charge in [0.1, 0.15) is 0 Å². The minimum Gasteiger partial charge on any atom is -0.493 e. The van der Waals surface area contributed by atoms with E-state index in [0.717, 1.165) is 22.3 Å². The number of carbonyl (C=O) groups excluding carboxylic acids is 1. The van der Waals surface area contributed by atoms with E-state index in [2.05, 4.69) is 0 Å². The number of ether oxygens (including phenoxy) is 5. The number of aliphatic hydroxyl groups excluding tert-OH is 1. The topological polar surface area (TPSA) is 86.7 Å². The van der Waals surface area contributed by atoms with E-state index in [0.29, 0.717) is 42.6 Å². The Bertz CT molecular complexity index is 1080. The SMILES string of the molecule is COc1cc2c3c(c1OC)C[C@H](O)C3[C@H](c1ccc3c(c1)OCO3)N(C(=O)OCC(C)C)C2. The minimum absolute atomic E-state index is 0.166. The summed E-state index contributed by atoms with van der Waals surface area (Å²) in [5.41, 5.74) is 3.75. The molecule has 0 radical (unpaired) electrons. The molecule has 8 nitrogen and oxygen atoms in total. The molecule has 0 spiro atoms. The van der Waals surface area contributed by atoms with Gasteiger partial charge in [0.15, 0.2) is 23.0 Å². The van der Waals surface area contributed by atoms with Crippen molar-refractivity contribution in [3.63, 3.8) is 0 Å². The number of benzene rings is 2. The molecule has 5 rings (SSSR count). The number of methoxy groups -OCH3 is 2. The van der Waals surface area contributed by atoms with Crippen LogP contribution in [0.25, 0.3) is 0 Å². The van der Waals surface area contributed by atoms with Crippen LogP contribution >= 0.6 is 0 Å². The van der Waals surface area contributed by atoms with Gasteiger partial charge in [-0.1, -0.05) is 19.9 Å². The van der Waals surface area contributed by atoms with Gasteiger partial charge >= 0.3 is 6.09 Å². The predicted molar refractivity (Wildman–Crippen MR) is 119 cm³/mol. The van der Waals surface area contributed by atoms with E-state index in [1.165, 1.54) is 0 Å². The van der Waals surface area contributed by atoms with Crippen LogP contribution in [0.2, 0.25) is 0 Å². The first kappa shape index (κ1) is 21.7. The number of aliphatic hydroxyl groups is 1. The zero-order chi connectivity index (χ0) is 23.3. The van der Waals surface area contributed by atoms with Crippen molar-refractivity contribution in [2.75, 3.05) is 27.6 Å². The highest BCUT2D eigenvalue weighted by Crippen LogP contribution is 2.55. The summed E-state index contributed by atoms with van der Waals surface area (Å²) in [6, 6.07) is 7.15. The highest BCUT2D eigenvalue weighted by Gasteiger charge is 2.49. The van der Waals surface area contributed by atoms with Crippen molar-refractivity contribution in [3.05, 3.63) is 46.5 Å². The smallest absolute Gasteiger partial charge is 0.410 e. The van der Waals surface area contributed by atoms with Crippen molar-refractivity contribution >= 4 is 6.09 Å². The van der Waals surface area contributed by atoms with Crippen LogP contribution in [-0.2, 0) is 17.7 Å². The third-order valence-corrected chi connectivity index (χ3v) is 6.59. The van der Waals surface area contributed by atoms with Crippen LogP contribution in [0.3, 0.4) is 0 Å². The third-order valence-electron chi connectivity index (χ3n) is 6.59. The number of hydrogen-bond donors (Lipinski definition) is 1. The van der Waals surface area contributed by atoms with E-state index in [9.17, 15) is 9.90 Å². The molecule has 2 aliphatic heterocycles. The molecule has 3 atom stereocenters. The Kier molecular flexibility index (Phi) is 5.48. The van der Waals surface area contributed by atoms with Crippen LogP contribution in [-0.4, -0.2) is 49.8 Å². The van der Waals surface area contributed by atoms with Gasteiger partial charge < -0.3 is 28.8 Å². The third kappa shape index (κ3) is 3.53. The van der Waals surface area contributed by atoms with Gasteiger partial charge in [-0.2, -0.15) is 0 Å². The van der Waals surface area contributed by atoms with E-state index in [-0.39, 0.29) is 18.6 Å². The van der Waals surface area contributed by atoms with Crippen molar-refractivity contribution in [1.82, 2.24) is 4.90 Å². The highest BCUT2D eigenvalue weighted by atomic mass is 16.7. The lowest BCUT2D eigenvalue weighted by Gasteiger charge is -2.42. The molecule has 0 saturated heterocycles. The summed E-state index contributed by atoms with van der Waals surface area (Å²) in [6.45, 7) is 4.82. The molecule has 0 fully saturated rings. The Labute approximate surface area is 192 Å². The number of amides is 1. The summed E-state index contributed by atoms with van der Waals surface area (Å²) >= 11 is 0. The van der Waals surface area contributed by atoms with Crippen molar-refractivity contribution in [2.45, 2.75) is 44.9 Å². The molecular weight excluding hydrogens is 426 g/mol. The lowest BCUT2D eigenvalue weighted by molar-refractivity contribution is 0.0420. The summed E-state index contributed by atoms with van der Waals surface area (Å²) in [4.78, 5) is 15.0. The first-order valence-corrected chi connectivity index (χ1v) is 11.2. The average molecular weight is 456 g/mol. The van der Waals surface area contributed by atoms with Gasteiger partial charge in [-0.3, -0.25) is 4.90 Å². The second-order valence-electron chi connectivity index (χ2n) is 9.12. The van der Waals surface area contributed by atoms with Crippen molar-refractivity contribution in [2.24, 2.45) is 5.92 Å². The first-order chi connectivity index (χ1) is 15.9. The first-order valence-electron chi connectivity index (χ1n) is 11.2.